The molecule has 1 rings (SSSR count). The molecule has 0 spiro atoms. The Morgan fingerprint density at radius 2 is 1.57 bits per heavy atom. The number of hydrogen-bond donors (Lipinski definition) is 2. The minimum atomic E-state index is -1.43. The van der Waals surface area contributed by atoms with Gasteiger partial charge in [-0.3, -0.25) is 0 Å². The van der Waals surface area contributed by atoms with E-state index in [1.807, 2.05) is 0 Å². The van der Waals surface area contributed by atoms with Crippen LogP contribution in [0.3, 0.4) is 0 Å². The van der Waals surface area contributed by atoms with Gasteiger partial charge in [-0.25, -0.2) is 17.6 Å². The van der Waals surface area contributed by atoms with E-state index in [0.29, 0.717) is 0 Å². The predicted octanol–water partition coefficient (Wildman–Crippen LogP) is 2.58. The molecular formula is C8H7F4NS. The van der Waals surface area contributed by atoms with E-state index >= 15 is 0 Å². The molecule has 0 atom stereocenters. The highest BCUT2D eigenvalue weighted by Gasteiger charge is 2.18. The zero-order valence-corrected chi connectivity index (χ0v) is 7.85. The van der Waals surface area contributed by atoms with E-state index in [1.54, 1.807) is 0 Å². The summed E-state index contributed by atoms with van der Waals surface area (Å²) in [5.41, 5.74) is -0.795. The Balaban J connectivity index is 3.11. The first-order chi connectivity index (χ1) is 6.57. The molecule has 0 heterocycles. The molecule has 1 aromatic rings. The lowest BCUT2D eigenvalue weighted by atomic mass is 10.2. The van der Waals surface area contributed by atoms with Crippen LogP contribution in [0.25, 0.3) is 0 Å². The fourth-order valence-corrected chi connectivity index (χ4v) is 1.02. The topological polar surface area (TPSA) is 12.0 Å². The van der Waals surface area contributed by atoms with Gasteiger partial charge in [0.15, 0.2) is 23.3 Å². The van der Waals surface area contributed by atoms with Crippen molar-refractivity contribution in [1.29, 1.82) is 0 Å². The van der Waals surface area contributed by atoms with Crippen molar-refractivity contribution in [3.63, 3.8) is 0 Å². The van der Waals surface area contributed by atoms with Crippen LogP contribution in [0.15, 0.2) is 6.07 Å². The van der Waals surface area contributed by atoms with Crippen LogP contribution >= 0.6 is 12.6 Å². The summed E-state index contributed by atoms with van der Waals surface area (Å²) in [6, 6.07) is 0.163. The molecule has 1 nitrogen and oxygen atoms in total. The van der Waals surface area contributed by atoms with Gasteiger partial charge in [-0.05, 0) is 0 Å². The molecule has 6 heteroatoms. The number of halogens is 4. The van der Waals surface area contributed by atoms with Gasteiger partial charge in [-0.2, -0.15) is 12.6 Å². The maximum absolute atomic E-state index is 12.9. The second kappa shape index (κ2) is 4.54. The highest BCUT2D eigenvalue weighted by molar-refractivity contribution is 7.80. The second-order valence-electron chi connectivity index (χ2n) is 2.49. The quantitative estimate of drug-likeness (QED) is 0.457. The molecule has 0 bridgehead atoms. The molecule has 14 heavy (non-hydrogen) atoms. The predicted molar refractivity (Wildman–Crippen MR) is 48.6 cm³/mol. The fourth-order valence-electron chi connectivity index (χ4n) is 0.909. The molecule has 0 aliphatic rings. The lowest BCUT2D eigenvalue weighted by molar-refractivity contribution is 0.458. The van der Waals surface area contributed by atoms with Crippen molar-refractivity contribution in [3.05, 3.63) is 29.3 Å². The van der Waals surface area contributed by atoms with E-state index in [-0.39, 0.29) is 18.4 Å². The van der Waals surface area contributed by atoms with Gasteiger partial charge < -0.3 is 5.32 Å². The van der Waals surface area contributed by atoms with Gasteiger partial charge in [0.2, 0.25) is 0 Å². The van der Waals surface area contributed by atoms with Crippen LogP contribution in [0.4, 0.5) is 23.2 Å². The molecule has 1 aromatic carbocycles. The average molecular weight is 225 g/mol. The van der Waals surface area contributed by atoms with E-state index in [9.17, 15) is 17.6 Å². The van der Waals surface area contributed by atoms with Gasteiger partial charge in [-0.1, -0.05) is 0 Å². The summed E-state index contributed by atoms with van der Waals surface area (Å²) in [7, 11) is 0. The summed E-state index contributed by atoms with van der Waals surface area (Å²) in [4.78, 5) is 0. The van der Waals surface area contributed by atoms with Gasteiger partial charge in [0, 0.05) is 18.4 Å². The molecule has 0 fully saturated rings. The van der Waals surface area contributed by atoms with E-state index < -0.39 is 29.0 Å². The van der Waals surface area contributed by atoms with Crippen molar-refractivity contribution in [2.45, 2.75) is 0 Å². The van der Waals surface area contributed by atoms with Crippen LogP contribution in [0.5, 0.6) is 0 Å². The molecule has 1 N–H and O–H groups in total. The Bertz CT molecular complexity index is 316. The third-order valence-electron chi connectivity index (χ3n) is 1.53. The van der Waals surface area contributed by atoms with Gasteiger partial charge in [0.05, 0.1) is 0 Å². The van der Waals surface area contributed by atoms with Crippen LogP contribution in [-0.4, -0.2) is 12.3 Å². The zero-order valence-electron chi connectivity index (χ0n) is 6.95. The molecule has 0 saturated carbocycles. The van der Waals surface area contributed by atoms with E-state index in [4.69, 9.17) is 0 Å². The van der Waals surface area contributed by atoms with Crippen molar-refractivity contribution in [2.75, 3.05) is 17.6 Å². The van der Waals surface area contributed by atoms with Crippen LogP contribution in [0.1, 0.15) is 0 Å². The Labute approximate surface area is 83.5 Å². The maximum atomic E-state index is 12.9. The number of benzene rings is 1. The maximum Gasteiger partial charge on any atom is 0.185 e. The van der Waals surface area contributed by atoms with Crippen LogP contribution in [0.2, 0.25) is 0 Å². The first kappa shape index (κ1) is 11.2. The molecule has 0 aliphatic heterocycles. The van der Waals surface area contributed by atoms with E-state index in [2.05, 4.69) is 17.9 Å². The van der Waals surface area contributed by atoms with Crippen LogP contribution in [0, 0.1) is 23.3 Å². The molecule has 0 saturated heterocycles. The Morgan fingerprint density at radius 1 is 1.07 bits per heavy atom. The summed E-state index contributed by atoms with van der Waals surface area (Å²) < 4.78 is 51.0. The minimum absolute atomic E-state index is 0.111. The highest BCUT2D eigenvalue weighted by atomic mass is 32.1. The molecule has 0 aliphatic carbocycles. The summed E-state index contributed by atoms with van der Waals surface area (Å²) in [5.74, 6) is -5.41. The largest absolute Gasteiger partial charge is 0.379 e. The smallest absolute Gasteiger partial charge is 0.185 e. The molecule has 0 unspecified atom stereocenters. The van der Waals surface area contributed by atoms with Gasteiger partial charge >= 0.3 is 0 Å². The Morgan fingerprint density at radius 3 is 2.00 bits per heavy atom. The van der Waals surface area contributed by atoms with Crippen molar-refractivity contribution >= 4 is 18.3 Å². The van der Waals surface area contributed by atoms with Crippen molar-refractivity contribution in [1.82, 2.24) is 0 Å². The number of thiol groups is 1. The zero-order chi connectivity index (χ0) is 10.7. The number of rotatable bonds is 3. The SMILES string of the molecule is Fc1cc(F)c(F)c(NCCS)c1F. The molecular weight excluding hydrogens is 218 g/mol. The van der Waals surface area contributed by atoms with Crippen molar-refractivity contribution in [3.8, 4) is 0 Å². The molecule has 0 amide bonds. The fraction of sp³-hybridized carbons (Fsp3) is 0.250. The third kappa shape index (κ3) is 2.12. The van der Waals surface area contributed by atoms with Gasteiger partial charge in [0.25, 0.3) is 0 Å². The van der Waals surface area contributed by atoms with Crippen LogP contribution in [-0.2, 0) is 0 Å². The normalized spacial score (nSPS) is 10.4. The monoisotopic (exact) mass is 225 g/mol. The molecule has 78 valence electrons. The van der Waals surface area contributed by atoms with Crippen molar-refractivity contribution < 1.29 is 17.6 Å². The number of hydrogen-bond acceptors (Lipinski definition) is 2. The first-order valence-electron chi connectivity index (χ1n) is 3.75. The van der Waals surface area contributed by atoms with Crippen LogP contribution < -0.4 is 5.32 Å². The van der Waals surface area contributed by atoms with E-state index in [1.165, 1.54) is 0 Å². The van der Waals surface area contributed by atoms with Gasteiger partial charge in [-0.15, -0.1) is 0 Å². The summed E-state index contributed by atoms with van der Waals surface area (Å²) in [6.07, 6.45) is 0. The number of anilines is 1. The third-order valence-corrected chi connectivity index (χ3v) is 1.75. The average Bonchev–Trinajstić information content (AvgIpc) is 2.15. The summed E-state index contributed by atoms with van der Waals surface area (Å²) in [6.45, 7) is 0.111. The minimum Gasteiger partial charge on any atom is -0.379 e. The Kier molecular flexibility index (Phi) is 3.62. The van der Waals surface area contributed by atoms with Crippen molar-refractivity contribution in [2.24, 2.45) is 0 Å². The van der Waals surface area contributed by atoms with E-state index in [0.717, 1.165) is 0 Å². The standard InChI is InChI=1S/C8H7F4NS/c9-4-3-5(10)7(12)8(6(4)11)13-1-2-14/h3,13-14H,1-2H2. The lowest BCUT2D eigenvalue weighted by Gasteiger charge is -2.08. The molecule has 0 aromatic heterocycles. The lowest BCUT2D eigenvalue weighted by Crippen LogP contribution is -2.09. The summed E-state index contributed by atoms with van der Waals surface area (Å²) in [5, 5.41) is 2.21. The highest BCUT2D eigenvalue weighted by Crippen LogP contribution is 2.23. The second-order valence-corrected chi connectivity index (χ2v) is 2.94. The summed E-state index contributed by atoms with van der Waals surface area (Å²) >= 11 is 3.78. The first-order valence-corrected chi connectivity index (χ1v) is 4.39. The molecule has 0 radical (unpaired) electrons. The number of nitrogens with one attached hydrogen (secondary N) is 1. The Hall–Kier alpha value is -0.910. The van der Waals surface area contributed by atoms with Gasteiger partial charge in [0.1, 0.15) is 5.69 Å².